The van der Waals surface area contributed by atoms with Crippen LogP contribution in [-0.2, 0) is 30.2 Å². The summed E-state index contributed by atoms with van der Waals surface area (Å²) in [4.78, 5) is 0.148. The van der Waals surface area contributed by atoms with Crippen molar-refractivity contribution >= 4 is 21.6 Å². The van der Waals surface area contributed by atoms with Crippen molar-refractivity contribution in [1.82, 2.24) is 19.8 Å². The van der Waals surface area contributed by atoms with E-state index in [9.17, 15) is 8.42 Å². The molecule has 0 fully saturated rings. The fraction of sp³-hybridized carbons (Fsp3) is 0.308. The number of aromatic nitrogens is 2. The molecule has 1 aromatic heterocycles. The molecule has 0 bridgehead atoms. The van der Waals surface area contributed by atoms with Crippen molar-refractivity contribution in [2.24, 2.45) is 7.05 Å². The Morgan fingerprint density at radius 3 is 2.62 bits per heavy atom. The van der Waals surface area contributed by atoms with E-state index < -0.39 is 10.0 Å². The number of nitrogens with zero attached hydrogens (tertiary/aromatic N) is 2. The maximum atomic E-state index is 12.2. The first-order valence-corrected chi connectivity index (χ1v) is 8.19. The second kappa shape index (κ2) is 6.57. The molecule has 21 heavy (non-hydrogen) atoms. The highest BCUT2D eigenvalue weighted by Crippen LogP contribution is 2.20. The largest absolute Gasteiger partial charge is 0.316 e. The van der Waals surface area contributed by atoms with E-state index in [0.717, 1.165) is 11.3 Å². The Hall–Kier alpha value is -1.41. The Morgan fingerprint density at radius 1 is 1.29 bits per heavy atom. The first-order chi connectivity index (χ1) is 9.94. The predicted molar refractivity (Wildman–Crippen MR) is 81.4 cm³/mol. The summed E-state index contributed by atoms with van der Waals surface area (Å²) in [5.74, 6) is 0. The molecular formula is C13H17ClN4O2S. The quantitative estimate of drug-likeness (QED) is 0.837. The fourth-order valence-electron chi connectivity index (χ4n) is 1.86. The van der Waals surface area contributed by atoms with Gasteiger partial charge in [0.05, 0.1) is 17.1 Å². The van der Waals surface area contributed by atoms with Crippen LogP contribution < -0.4 is 10.0 Å². The molecule has 1 aromatic carbocycles. The van der Waals surface area contributed by atoms with Crippen LogP contribution in [0, 0.1) is 0 Å². The van der Waals surface area contributed by atoms with Crippen molar-refractivity contribution in [1.29, 1.82) is 0 Å². The lowest BCUT2D eigenvalue weighted by atomic mass is 10.2. The van der Waals surface area contributed by atoms with Crippen LogP contribution in [-0.4, -0.2) is 25.2 Å². The molecule has 2 rings (SSSR count). The molecule has 0 unspecified atom stereocenters. The van der Waals surface area contributed by atoms with Gasteiger partial charge < -0.3 is 5.32 Å². The summed E-state index contributed by atoms with van der Waals surface area (Å²) >= 11 is 6.09. The number of halogens is 1. The van der Waals surface area contributed by atoms with E-state index in [4.69, 9.17) is 11.6 Å². The fourth-order valence-corrected chi connectivity index (χ4v) is 3.19. The average Bonchev–Trinajstić information content (AvgIpc) is 2.84. The maximum Gasteiger partial charge on any atom is 0.240 e. The monoisotopic (exact) mass is 328 g/mol. The maximum absolute atomic E-state index is 12.2. The number of rotatable bonds is 6. The highest BCUT2D eigenvalue weighted by molar-refractivity contribution is 7.89. The third-order valence-corrected chi connectivity index (χ3v) is 4.82. The third-order valence-electron chi connectivity index (χ3n) is 3.07. The summed E-state index contributed by atoms with van der Waals surface area (Å²) in [6.45, 7) is 0.760. The zero-order valence-corrected chi connectivity index (χ0v) is 13.4. The van der Waals surface area contributed by atoms with E-state index in [1.165, 1.54) is 6.07 Å². The summed E-state index contributed by atoms with van der Waals surface area (Å²) in [6.07, 6.45) is 1.62. The van der Waals surface area contributed by atoms with Crippen LogP contribution in [0.2, 0.25) is 5.02 Å². The van der Waals surface area contributed by atoms with Crippen LogP contribution in [0.25, 0.3) is 0 Å². The van der Waals surface area contributed by atoms with E-state index in [0.29, 0.717) is 11.6 Å². The minimum absolute atomic E-state index is 0.148. The van der Waals surface area contributed by atoms with Crippen molar-refractivity contribution in [3.05, 3.63) is 46.7 Å². The summed E-state index contributed by atoms with van der Waals surface area (Å²) in [6, 6.07) is 6.47. The highest BCUT2D eigenvalue weighted by atomic mass is 35.5. The molecule has 0 aliphatic rings. The highest BCUT2D eigenvalue weighted by Gasteiger charge is 2.16. The Balaban J connectivity index is 2.16. The second-order valence-corrected chi connectivity index (χ2v) is 6.73. The molecule has 0 saturated heterocycles. The Kier molecular flexibility index (Phi) is 5.00. The zero-order valence-electron chi connectivity index (χ0n) is 11.8. The Bertz CT molecular complexity index is 728. The normalized spacial score (nSPS) is 11.8. The number of benzene rings is 1. The van der Waals surface area contributed by atoms with E-state index in [2.05, 4.69) is 15.1 Å². The molecule has 6 nitrogen and oxygen atoms in total. The van der Waals surface area contributed by atoms with Gasteiger partial charge in [0.1, 0.15) is 0 Å². The lowest BCUT2D eigenvalue weighted by Crippen LogP contribution is -2.24. The van der Waals surface area contributed by atoms with Crippen LogP contribution in [0.15, 0.2) is 35.4 Å². The number of hydrogen-bond donors (Lipinski definition) is 2. The molecule has 0 aliphatic heterocycles. The van der Waals surface area contributed by atoms with Gasteiger partial charge >= 0.3 is 0 Å². The summed E-state index contributed by atoms with van der Waals surface area (Å²) in [5.41, 5.74) is 1.63. The minimum Gasteiger partial charge on any atom is -0.316 e. The van der Waals surface area contributed by atoms with Crippen LogP contribution in [0.5, 0.6) is 0 Å². The van der Waals surface area contributed by atoms with Crippen LogP contribution in [0.1, 0.15) is 11.3 Å². The van der Waals surface area contributed by atoms with Crippen molar-refractivity contribution in [2.75, 3.05) is 7.05 Å². The molecule has 0 saturated carbocycles. The van der Waals surface area contributed by atoms with E-state index >= 15 is 0 Å². The SMILES string of the molecule is CNCc1ccc(S(=O)(=O)NCc2ccnn2C)cc1Cl. The van der Waals surface area contributed by atoms with Gasteiger partial charge in [-0.2, -0.15) is 5.10 Å². The molecule has 0 spiro atoms. The summed E-state index contributed by atoms with van der Waals surface area (Å²) < 4.78 is 28.6. The topological polar surface area (TPSA) is 76.0 Å². The van der Waals surface area contributed by atoms with Crippen molar-refractivity contribution in [3.8, 4) is 0 Å². The molecule has 0 amide bonds. The smallest absolute Gasteiger partial charge is 0.240 e. The van der Waals surface area contributed by atoms with E-state index in [-0.39, 0.29) is 11.4 Å². The van der Waals surface area contributed by atoms with Gasteiger partial charge in [-0.25, -0.2) is 13.1 Å². The number of hydrogen-bond acceptors (Lipinski definition) is 4. The number of nitrogens with one attached hydrogen (secondary N) is 2. The Morgan fingerprint density at radius 2 is 2.05 bits per heavy atom. The molecule has 0 aliphatic carbocycles. The molecule has 8 heteroatoms. The van der Waals surface area contributed by atoms with Gasteiger partial charge in [-0.1, -0.05) is 17.7 Å². The summed E-state index contributed by atoms with van der Waals surface area (Å²) in [5, 5.41) is 7.39. The van der Waals surface area contributed by atoms with Gasteiger partial charge in [-0.3, -0.25) is 4.68 Å². The van der Waals surface area contributed by atoms with E-state index in [1.807, 2.05) is 0 Å². The van der Waals surface area contributed by atoms with Gasteiger partial charge in [-0.15, -0.1) is 0 Å². The molecular weight excluding hydrogens is 312 g/mol. The van der Waals surface area contributed by atoms with Crippen molar-refractivity contribution in [2.45, 2.75) is 18.0 Å². The Labute approximate surface area is 129 Å². The number of sulfonamides is 1. The molecule has 114 valence electrons. The minimum atomic E-state index is -3.60. The number of aryl methyl sites for hydroxylation is 1. The molecule has 1 heterocycles. The van der Waals surface area contributed by atoms with Crippen LogP contribution >= 0.6 is 11.6 Å². The van der Waals surface area contributed by atoms with Crippen LogP contribution in [0.4, 0.5) is 0 Å². The molecule has 2 N–H and O–H groups in total. The predicted octanol–water partition coefficient (Wildman–Crippen LogP) is 1.27. The van der Waals surface area contributed by atoms with Gasteiger partial charge in [0.2, 0.25) is 10.0 Å². The zero-order chi connectivity index (χ0) is 15.5. The first kappa shape index (κ1) is 16.0. The van der Waals surface area contributed by atoms with Crippen LogP contribution in [0.3, 0.4) is 0 Å². The average molecular weight is 329 g/mol. The second-order valence-electron chi connectivity index (χ2n) is 4.55. The lowest BCUT2D eigenvalue weighted by molar-refractivity contribution is 0.577. The van der Waals surface area contributed by atoms with Gasteiger partial charge in [0.25, 0.3) is 0 Å². The van der Waals surface area contributed by atoms with Crippen molar-refractivity contribution in [3.63, 3.8) is 0 Å². The lowest BCUT2D eigenvalue weighted by Gasteiger charge is -2.09. The van der Waals surface area contributed by atoms with Gasteiger partial charge in [-0.05, 0) is 30.8 Å². The molecule has 2 aromatic rings. The summed E-state index contributed by atoms with van der Waals surface area (Å²) in [7, 11) is -0.0443. The third kappa shape index (κ3) is 3.82. The van der Waals surface area contributed by atoms with Gasteiger partial charge in [0.15, 0.2) is 0 Å². The first-order valence-electron chi connectivity index (χ1n) is 6.33. The standard InChI is InChI=1S/C13H17ClN4O2S/c1-15-8-10-3-4-12(7-13(10)14)21(19,20)17-9-11-5-6-16-18(11)2/h3-7,15,17H,8-9H2,1-2H3. The molecule has 0 atom stereocenters. The van der Waals surface area contributed by atoms with Gasteiger partial charge in [0, 0.05) is 24.8 Å². The van der Waals surface area contributed by atoms with E-state index in [1.54, 1.807) is 43.2 Å². The molecule has 0 radical (unpaired) electrons. The van der Waals surface area contributed by atoms with Crippen molar-refractivity contribution < 1.29 is 8.42 Å².